The third-order valence-corrected chi connectivity index (χ3v) is 4.74. The van der Waals surface area contributed by atoms with Crippen molar-refractivity contribution in [2.24, 2.45) is 0 Å². The average molecular weight is 319 g/mol. The van der Waals surface area contributed by atoms with E-state index in [4.69, 9.17) is 4.42 Å². The van der Waals surface area contributed by atoms with E-state index in [1.54, 1.807) is 23.7 Å². The lowest BCUT2D eigenvalue weighted by molar-refractivity contribution is -0.119. The summed E-state index contributed by atoms with van der Waals surface area (Å²) in [6.07, 6.45) is 3.13. The molecule has 0 radical (unpaired) electrons. The lowest BCUT2D eigenvalue weighted by atomic mass is 10.2. The van der Waals surface area contributed by atoms with E-state index in [-0.39, 0.29) is 11.9 Å². The smallest absolute Gasteiger partial charge is 0.230 e. The summed E-state index contributed by atoms with van der Waals surface area (Å²) < 4.78 is 5.27. The van der Waals surface area contributed by atoms with Gasteiger partial charge < -0.3 is 9.73 Å². The van der Waals surface area contributed by atoms with Gasteiger partial charge in [-0.25, -0.2) is 9.97 Å². The molecule has 0 saturated heterocycles. The molecule has 3 aromatic rings. The second-order valence-electron chi connectivity index (χ2n) is 4.41. The molecule has 0 bridgehead atoms. The van der Waals surface area contributed by atoms with E-state index in [0.717, 1.165) is 21.0 Å². The van der Waals surface area contributed by atoms with Crippen LogP contribution in [-0.2, 0) is 4.79 Å². The van der Waals surface area contributed by atoms with Crippen LogP contribution in [0.25, 0.3) is 10.2 Å². The number of hydrogen-bond donors (Lipinski definition) is 1. The van der Waals surface area contributed by atoms with Crippen LogP contribution in [0.5, 0.6) is 0 Å². The highest BCUT2D eigenvalue weighted by Crippen LogP contribution is 2.27. The Kier molecular flexibility index (Phi) is 4.21. The minimum Gasteiger partial charge on any atom is -0.467 e. The number of fused-ring (bicyclic) bond motifs is 1. The van der Waals surface area contributed by atoms with Gasteiger partial charge in [-0.1, -0.05) is 11.8 Å². The molecular formula is C14H13N3O2S2. The second-order valence-corrected chi connectivity index (χ2v) is 6.27. The normalized spacial score (nSPS) is 12.4. The van der Waals surface area contributed by atoms with Crippen LogP contribution in [0, 0.1) is 0 Å². The summed E-state index contributed by atoms with van der Waals surface area (Å²) in [6, 6.07) is 5.49. The molecule has 0 unspecified atom stereocenters. The summed E-state index contributed by atoms with van der Waals surface area (Å²) in [5, 5.41) is 6.71. The van der Waals surface area contributed by atoms with Gasteiger partial charge in [0, 0.05) is 5.39 Å². The van der Waals surface area contributed by atoms with Gasteiger partial charge in [0.25, 0.3) is 0 Å². The Morgan fingerprint density at radius 2 is 2.38 bits per heavy atom. The summed E-state index contributed by atoms with van der Waals surface area (Å²) in [5.41, 5.74) is 0. The van der Waals surface area contributed by atoms with Gasteiger partial charge in [-0.15, -0.1) is 11.3 Å². The van der Waals surface area contributed by atoms with Gasteiger partial charge in [0.15, 0.2) is 0 Å². The van der Waals surface area contributed by atoms with Crippen LogP contribution in [0.4, 0.5) is 0 Å². The number of nitrogens with zero attached hydrogens (tertiary/aromatic N) is 2. The quantitative estimate of drug-likeness (QED) is 0.577. The molecule has 0 spiro atoms. The minimum absolute atomic E-state index is 0.0501. The van der Waals surface area contributed by atoms with Crippen LogP contribution in [0.3, 0.4) is 0 Å². The predicted octanol–water partition coefficient (Wildman–Crippen LogP) is 3.25. The molecule has 7 heteroatoms. The second kappa shape index (κ2) is 6.28. The molecule has 0 aliphatic carbocycles. The average Bonchev–Trinajstić information content (AvgIpc) is 3.15. The highest BCUT2D eigenvalue weighted by molar-refractivity contribution is 8.00. The standard InChI is InChI=1S/C14H13N3O2S2/c1-9(11-3-2-5-19-11)17-12(18)7-21-14-10-4-6-20-13(10)15-8-16-14/h2-6,8-9H,7H2,1H3,(H,17,18)/t9-/m1/s1. The van der Waals surface area contributed by atoms with Crippen molar-refractivity contribution in [1.29, 1.82) is 0 Å². The molecule has 3 aromatic heterocycles. The molecule has 21 heavy (non-hydrogen) atoms. The topological polar surface area (TPSA) is 68.0 Å². The number of rotatable bonds is 5. The largest absolute Gasteiger partial charge is 0.467 e. The van der Waals surface area contributed by atoms with Gasteiger partial charge in [0.1, 0.15) is 21.9 Å². The maximum atomic E-state index is 12.0. The first kappa shape index (κ1) is 14.1. The van der Waals surface area contributed by atoms with Crippen molar-refractivity contribution in [1.82, 2.24) is 15.3 Å². The van der Waals surface area contributed by atoms with Crippen molar-refractivity contribution in [3.8, 4) is 0 Å². The van der Waals surface area contributed by atoms with E-state index in [2.05, 4.69) is 15.3 Å². The highest BCUT2D eigenvalue weighted by atomic mass is 32.2. The molecule has 1 atom stereocenters. The molecule has 0 saturated carbocycles. The Balaban J connectivity index is 1.60. The van der Waals surface area contributed by atoms with Gasteiger partial charge in [-0.3, -0.25) is 4.79 Å². The number of thioether (sulfide) groups is 1. The summed E-state index contributed by atoms with van der Waals surface area (Å²) in [5.74, 6) is 1.01. The van der Waals surface area contributed by atoms with Crippen LogP contribution in [0.1, 0.15) is 18.7 Å². The first-order valence-corrected chi connectivity index (χ1v) is 8.24. The van der Waals surface area contributed by atoms with E-state index in [0.29, 0.717) is 5.75 Å². The number of furan rings is 1. The third-order valence-electron chi connectivity index (χ3n) is 2.91. The molecular weight excluding hydrogens is 306 g/mol. The van der Waals surface area contributed by atoms with Crippen LogP contribution in [0.2, 0.25) is 0 Å². The van der Waals surface area contributed by atoms with Gasteiger partial charge in [0.05, 0.1) is 18.1 Å². The minimum atomic E-state index is -0.139. The van der Waals surface area contributed by atoms with Crippen LogP contribution < -0.4 is 5.32 Å². The number of carbonyl (C=O) groups excluding carboxylic acids is 1. The molecule has 1 N–H and O–H groups in total. The fourth-order valence-corrected chi connectivity index (χ4v) is 3.50. The lowest BCUT2D eigenvalue weighted by Crippen LogP contribution is -2.27. The zero-order valence-corrected chi connectivity index (χ0v) is 12.9. The Labute approximate surface area is 129 Å². The molecule has 0 aromatic carbocycles. The SMILES string of the molecule is C[C@@H](NC(=O)CSc1ncnc2sccc12)c1ccco1. The molecule has 3 rings (SSSR count). The Morgan fingerprint density at radius 3 is 3.19 bits per heavy atom. The molecule has 5 nitrogen and oxygen atoms in total. The summed E-state index contributed by atoms with van der Waals surface area (Å²) in [4.78, 5) is 21.4. The first-order chi connectivity index (χ1) is 10.2. The zero-order valence-electron chi connectivity index (χ0n) is 11.3. The summed E-state index contributed by atoms with van der Waals surface area (Å²) >= 11 is 2.98. The number of carbonyl (C=O) groups is 1. The van der Waals surface area contributed by atoms with Gasteiger partial charge >= 0.3 is 0 Å². The van der Waals surface area contributed by atoms with Gasteiger partial charge in [-0.2, -0.15) is 0 Å². The number of thiophene rings is 1. The Morgan fingerprint density at radius 1 is 1.48 bits per heavy atom. The Hall–Kier alpha value is -1.86. The van der Waals surface area contributed by atoms with Gasteiger partial charge in [0.2, 0.25) is 5.91 Å². The molecule has 0 fully saturated rings. The van der Waals surface area contributed by atoms with Gasteiger partial charge in [-0.05, 0) is 30.5 Å². The number of nitrogens with one attached hydrogen (secondary N) is 1. The number of amides is 1. The van der Waals surface area contributed by atoms with Crippen LogP contribution in [0.15, 0.2) is 45.6 Å². The fourth-order valence-electron chi connectivity index (χ4n) is 1.91. The number of hydrogen-bond acceptors (Lipinski definition) is 6. The first-order valence-electron chi connectivity index (χ1n) is 6.38. The van der Waals surface area contributed by atoms with Crippen molar-refractivity contribution in [3.63, 3.8) is 0 Å². The molecule has 0 aliphatic rings. The van der Waals surface area contributed by atoms with E-state index >= 15 is 0 Å². The highest BCUT2D eigenvalue weighted by Gasteiger charge is 2.13. The van der Waals surface area contributed by atoms with E-state index in [1.807, 2.05) is 24.4 Å². The number of aromatic nitrogens is 2. The maximum Gasteiger partial charge on any atom is 0.230 e. The van der Waals surface area contributed by atoms with Crippen molar-refractivity contribution in [2.45, 2.75) is 18.0 Å². The molecule has 3 heterocycles. The molecule has 108 valence electrons. The van der Waals surface area contributed by atoms with E-state index in [9.17, 15) is 4.79 Å². The van der Waals surface area contributed by atoms with Crippen molar-refractivity contribution in [3.05, 3.63) is 41.9 Å². The van der Waals surface area contributed by atoms with Crippen molar-refractivity contribution >= 4 is 39.2 Å². The zero-order chi connectivity index (χ0) is 14.7. The summed E-state index contributed by atoms with van der Waals surface area (Å²) in [6.45, 7) is 1.89. The third kappa shape index (κ3) is 3.25. The molecule has 0 aliphatic heterocycles. The fraction of sp³-hybridized carbons (Fsp3) is 0.214. The molecule has 1 amide bonds. The lowest BCUT2D eigenvalue weighted by Gasteiger charge is -2.11. The van der Waals surface area contributed by atoms with E-state index < -0.39 is 0 Å². The van der Waals surface area contributed by atoms with E-state index in [1.165, 1.54) is 18.1 Å². The van der Waals surface area contributed by atoms with Crippen LogP contribution in [-0.4, -0.2) is 21.6 Å². The van der Waals surface area contributed by atoms with Crippen molar-refractivity contribution < 1.29 is 9.21 Å². The maximum absolute atomic E-state index is 12.0. The monoisotopic (exact) mass is 319 g/mol. The van der Waals surface area contributed by atoms with Crippen molar-refractivity contribution in [2.75, 3.05) is 5.75 Å². The predicted molar refractivity (Wildman–Crippen MR) is 83.4 cm³/mol. The summed E-state index contributed by atoms with van der Waals surface area (Å²) in [7, 11) is 0. The Bertz CT molecular complexity index is 740. The van der Waals surface area contributed by atoms with Crippen LogP contribution >= 0.6 is 23.1 Å².